The number of hydrogen-bond acceptors (Lipinski definition) is 5. The predicted octanol–water partition coefficient (Wildman–Crippen LogP) is 4.30. The molecule has 3 aromatic heterocycles. The number of amides is 1. The highest BCUT2D eigenvalue weighted by Gasteiger charge is 2.14. The van der Waals surface area contributed by atoms with Crippen molar-refractivity contribution in [3.8, 4) is 16.4 Å². The summed E-state index contributed by atoms with van der Waals surface area (Å²) in [7, 11) is 0. The Hall–Kier alpha value is -3.03. The molecule has 0 saturated heterocycles. The second-order valence-corrected chi connectivity index (χ2v) is 6.76. The molecule has 1 aromatic carbocycles. The van der Waals surface area contributed by atoms with E-state index in [-0.39, 0.29) is 5.91 Å². The van der Waals surface area contributed by atoms with Crippen molar-refractivity contribution in [3.63, 3.8) is 0 Å². The van der Waals surface area contributed by atoms with E-state index in [4.69, 9.17) is 11.6 Å². The summed E-state index contributed by atoms with van der Waals surface area (Å²) in [6.07, 6.45) is 6.61. The van der Waals surface area contributed by atoms with Crippen molar-refractivity contribution >= 4 is 34.5 Å². The summed E-state index contributed by atoms with van der Waals surface area (Å²) in [6, 6.07) is 12.8. The van der Waals surface area contributed by atoms with E-state index in [1.807, 2.05) is 24.3 Å². The van der Waals surface area contributed by atoms with Gasteiger partial charge in [-0.3, -0.25) is 4.79 Å². The van der Waals surface area contributed by atoms with Gasteiger partial charge in [-0.15, -0.1) is 11.3 Å². The molecule has 128 valence electrons. The third kappa shape index (κ3) is 3.35. The summed E-state index contributed by atoms with van der Waals surface area (Å²) in [5.41, 5.74) is 1.40. The molecule has 26 heavy (non-hydrogen) atoms. The lowest BCUT2D eigenvalue weighted by molar-refractivity contribution is 0.103. The maximum atomic E-state index is 12.4. The lowest BCUT2D eigenvalue weighted by Crippen LogP contribution is -2.10. The maximum absolute atomic E-state index is 12.4. The van der Waals surface area contributed by atoms with Crippen LogP contribution in [0.25, 0.3) is 16.4 Å². The van der Waals surface area contributed by atoms with Crippen molar-refractivity contribution in [1.82, 2.24) is 19.7 Å². The monoisotopic (exact) mass is 381 g/mol. The van der Waals surface area contributed by atoms with E-state index in [1.165, 1.54) is 11.3 Å². The average molecular weight is 382 g/mol. The molecule has 0 atom stereocenters. The average Bonchev–Trinajstić information content (AvgIpc) is 3.35. The molecule has 0 radical (unpaired) electrons. The predicted molar refractivity (Wildman–Crippen MR) is 102 cm³/mol. The number of aromatic nitrogens is 4. The molecule has 4 aromatic rings. The van der Waals surface area contributed by atoms with Gasteiger partial charge in [-0.05, 0) is 24.3 Å². The molecule has 0 spiro atoms. The molecule has 0 saturated carbocycles. The number of pyridine rings is 1. The smallest absolute Gasteiger partial charge is 0.267 e. The Morgan fingerprint density at radius 3 is 2.69 bits per heavy atom. The van der Waals surface area contributed by atoms with Gasteiger partial charge in [-0.2, -0.15) is 5.10 Å². The van der Waals surface area contributed by atoms with E-state index in [0.29, 0.717) is 26.4 Å². The molecule has 0 unspecified atom stereocenters. The zero-order chi connectivity index (χ0) is 17.9. The summed E-state index contributed by atoms with van der Waals surface area (Å²) in [6.45, 7) is 0. The molecule has 0 bridgehead atoms. The number of nitrogens with one attached hydrogen (secondary N) is 1. The molecule has 0 aliphatic carbocycles. The van der Waals surface area contributed by atoms with Crippen LogP contribution >= 0.6 is 22.9 Å². The minimum atomic E-state index is -0.241. The zero-order valence-electron chi connectivity index (χ0n) is 13.3. The number of hydrogen-bond donors (Lipinski definition) is 1. The Bertz CT molecular complexity index is 1040. The van der Waals surface area contributed by atoms with E-state index in [2.05, 4.69) is 20.4 Å². The molecular weight excluding hydrogens is 370 g/mol. The largest absolute Gasteiger partial charge is 0.320 e. The summed E-state index contributed by atoms with van der Waals surface area (Å²) in [4.78, 5) is 21.5. The third-order valence-electron chi connectivity index (χ3n) is 3.58. The first kappa shape index (κ1) is 16.4. The van der Waals surface area contributed by atoms with Crippen LogP contribution in [0.4, 0.5) is 5.69 Å². The Balaban J connectivity index is 1.49. The highest BCUT2D eigenvalue weighted by molar-refractivity contribution is 7.17. The van der Waals surface area contributed by atoms with Crippen LogP contribution in [0, 0.1) is 0 Å². The third-order valence-corrected chi connectivity index (χ3v) is 4.94. The van der Waals surface area contributed by atoms with Gasteiger partial charge in [0.1, 0.15) is 9.88 Å². The van der Waals surface area contributed by atoms with Gasteiger partial charge in [-0.25, -0.2) is 14.6 Å². The van der Waals surface area contributed by atoms with Crippen LogP contribution < -0.4 is 5.32 Å². The molecule has 1 N–H and O–H groups in total. The second-order valence-electron chi connectivity index (χ2n) is 5.32. The zero-order valence-corrected chi connectivity index (χ0v) is 14.9. The first-order valence-electron chi connectivity index (χ1n) is 7.69. The number of benzene rings is 1. The number of carbonyl (C=O) groups excluding carboxylic acids is 1. The van der Waals surface area contributed by atoms with Gasteiger partial charge in [0, 0.05) is 18.0 Å². The van der Waals surface area contributed by atoms with Crippen LogP contribution in [0.1, 0.15) is 9.67 Å². The number of anilines is 1. The van der Waals surface area contributed by atoms with Gasteiger partial charge in [0.05, 0.1) is 23.1 Å². The van der Waals surface area contributed by atoms with E-state index < -0.39 is 0 Å². The lowest BCUT2D eigenvalue weighted by Gasteiger charge is -2.04. The fraction of sp³-hybridized carbons (Fsp3) is 0. The topological polar surface area (TPSA) is 72.7 Å². The van der Waals surface area contributed by atoms with E-state index in [1.54, 1.807) is 47.7 Å². The quantitative estimate of drug-likeness (QED) is 0.572. The van der Waals surface area contributed by atoms with Crippen LogP contribution in [0.2, 0.25) is 5.02 Å². The fourth-order valence-corrected chi connectivity index (χ4v) is 3.46. The van der Waals surface area contributed by atoms with Crippen LogP contribution in [0.3, 0.4) is 0 Å². The summed E-state index contributed by atoms with van der Waals surface area (Å²) in [5, 5.41) is 8.23. The van der Waals surface area contributed by atoms with E-state index in [9.17, 15) is 4.79 Å². The SMILES string of the molecule is O=C(Nc1ccc(-n2cccn2)nc1)c1cnc(-c2ccccc2Cl)s1. The van der Waals surface area contributed by atoms with Crippen molar-refractivity contribution in [1.29, 1.82) is 0 Å². The molecule has 1 amide bonds. The molecule has 3 heterocycles. The molecule has 8 heteroatoms. The van der Waals surface area contributed by atoms with Crippen molar-refractivity contribution in [2.24, 2.45) is 0 Å². The number of nitrogens with zero attached hydrogens (tertiary/aromatic N) is 4. The van der Waals surface area contributed by atoms with Crippen molar-refractivity contribution in [2.75, 3.05) is 5.32 Å². The van der Waals surface area contributed by atoms with Gasteiger partial charge >= 0.3 is 0 Å². The van der Waals surface area contributed by atoms with Gasteiger partial charge in [0.15, 0.2) is 5.82 Å². The van der Waals surface area contributed by atoms with Crippen LogP contribution in [-0.2, 0) is 0 Å². The lowest BCUT2D eigenvalue weighted by atomic mass is 10.2. The highest BCUT2D eigenvalue weighted by Crippen LogP contribution is 2.31. The van der Waals surface area contributed by atoms with E-state index in [0.717, 1.165) is 5.56 Å². The molecule has 6 nitrogen and oxygen atoms in total. The van der Waals surface area contributed by atoms with Crippen LogP contribution in [0.15, 0.2) is 67.3 Å². The number of halogens is 1. The maximum Gasteiger partial charge on any atom is 0.267 e. The highest BCUT2D eigenvalue weighted by atomic mass is 35.5. The molecule has 4 rings (SSSR count). The van der Waals surface area contributed by atoms with Gasteiger partial charge < -0.3 is 5.32 Å². The Morgan fingerprint density at radius 2 is 1.96 bits per heavy atom. The fourth-order valence-electron chi connectivity index (χ4n) is 2.33. The van der Waals surface area contributed by atoms with Crippen LogP contribution in [-0.4, -0.2) is 25.7 Å². The van der Waals surface area contributed by atoms with E-state index >= 15 is 0 Å². The van der Waals surface area contributed by atoms with Crippen molar-refractivity contribution in [3.05, 3.63) is 77.2 Å². The standard InChI is InChI=1S/C18H12ClN5OS/c19-14-5-2-1-4-13(14)18-21-11-15(26-18)17(25)23-12-6-7-16(20-10-12)24-9-3-8-22-24/h1-11H,(H,23,25). The Morgan fingerprint density at radius 1 is 1.08 bits per heavy atom. The summed E-state index contributed by atoms with van der Waals surface area (Å²) in [5.74, 6) is 0.432. The van der Waals surface area contributed by atoms with Crippen LogP contribution in [0.5, 0.6) is 0 Å². The molecule has 0 aliphatic heterocycles. The number of rotatable bonds is 4. The molecule has 0 aliphatic rings. The first-order valence-corrected chi connectivity index (χ1v) is 8.88. The van der Waals surface area contributed by atoms with Crippen molar-refractivity contribution in [2.45, 2.75) is 0 Å². The van der Waals surface area contributed by atoms with Gasteiger partial charge in [0.25, 0.3) is 5.91 Å². The summed E-state index contributed by atoms with van der Waals surface area (Å²) >= 11 is 7.47. The first-order chi connectivity index (χ1) is 12.7. The van der Waals surface area contributed by atoms with Gasteiger partial charge in [-0.1, -0.05) is 29.8 Å². The minimum absolute atomic E-state index is 0.241. The molecule has 0 fully saturated rings. The molecular formula is C18H12ClN5OS. The Kier molecular flexibility index (Phi) is 4.47. The summed E-state index contributed by atoms with van der Waals surface area (Å²) < 4.78 is 1.64. The second kappa shape index (κ2) is 7.07. The van der Waals surface area contributed by atoms with Gasteiger partial charge in [0.2, 0.25) is 0 Å². The minimum Gasteiger partial charge on any atom is -0.320 e. The number of thiazole rings is 1. The normalized spacial score (nSPS) is 10.7. The van der Waals surface area contributed by atoms with Crippen molar-refractivity contribution < 1.29 is 4.79 Å². The Labute approximate surface area is 158 Å². The number of carbonyl (C=O) groups is 1.